The monoisotopic (exact) mass is 607 g/mol. The van der Waals surface area contributed by atoms with Gasteiger partial charge in [0.25, 0.3) is 0 Å². The van der Waals surface area contributed by atoms with Crippen LogP contribution < -0.4 is 5.32 Å². The molecule has 0 fully saturated rings. The summed E-state index contributed by atoms with van der Waals surface area (Å²) in [5.74, 6) is -0.214. The van der Waals surface area contributed by atoms with Crippen molar-refractivity contribution in [3.05, 3.63) is 12.7 Å². The quantitative estimate of drug-likeness (QED) is 0.133. The van der Waals surface area contributed by atoms with Crippen molar-refractivity contribution in [1.29, 1.82) is 0 Å². The van der Waals surface area contributed by atoms with Gasteiger partial charge in [0.15, 0.2) is 0 Å². The van der Waals surface area contributed by atoms with E-state index in [1.165, 1.54) is 6.08 Å². The zero-order valence-electron chi connectivity index (χ0n) is 27.9. The van der Waals surface area contributed by atoms with Crippen molar-refractivity contribution in [2.75, 3.05) is 66.5 Å². The van der Waals surface area contributed by atoms with Crippen LogP contribution in [0, 0.1) is 0 Å². The smallest absolute Gasteiger partial charge is 0.243 e. The average molecular weight is 608 g/mol. The average Bonchev–Trinajstić information content (AvgIpc) is 2.98. The van der Waals surface area contributed by atoms with Crippen molar-refractivity contribution in [2.24, 2.45) is 0 Å². The highest BCUT2D eigenvalue weighted by molar-refractivity contribution is 5.86. The second-order valence-electron chi connectivity index (χ2n) is 11.1. The molecule has 9 atom stereocenters. The van der Waals surface area contributed by atoms with Crippen molar-refractivity contribution in [1.82, 2.24) is 5.32 Å². The summed E-state index contributed by atoms with van der Waals surface area (Å²) in [5.41, 5.74) is 0. The molecule has 0 bridgehead atoms. The first-order valence-corrected chi connectivity index (χ1v) is 15.2. The van der Waals surface area contributed by atoms with Crippen LogP contribution in [0.5, 0.6) is 0 Å². The summed E-state index contributed by atoms with van der Waals surface area (Å²) >= 11 is 0. The largest absolute Gasteiger partial charge is 0.379 e. The molecule has 0 spiro atoms. The van der Waals surface area contributed by atoms with Crippen LogP contribution >= 0.6 is 0 Å². The van der Waals surface area contributed by atoms with Gasteiger partial charge in [0, 0.05) is 13.7 Å². The number of carbonyl (C=O) groups is 1. The SMILES string of the molecule is C=CC(=O)NCC(C)OCC(C)OCC(C)OCC(C)OCC(C)OCC(C)OCC(C)OCC(C)OCC(C)OC. The molecule has 11 heteroatoms. The first kappa shape index (κ1) is 40.9. The zero-order chi connectivity index (χ0) is 31.9. The van der Waals surface area contributed by atoms with Crippen molar-refractivity contribution in [3.63, 3.8) is 0 Å². The molecule has 0 saturated carbocycles. The van der Waals surface area contributed by atoms with E-state index in [9.17, 15) is 4.79 Å². The second kappa shape index (κ2) is 25.2. The van der Waals surface area contributed by atoms with Gasteiger partial charge in [0.1, 0.15) is 0 Å². The van der Waals surface area contributed by atoms with Crippen LogP contribution in [-0.4, -0.2) is 127 Å². The van der Waals surface area contributed by atoms with E-state index in [2.05, 4.69) is 11.9 Å². The van der Waals surface area contributed by atoms with Gasteiger partial charge in [0.05, 0.1) is 108 Å². The molecule has 0 aliphatic heterocycles. The first-order valence-electron chi connectivity index (χ1n) is 15.2. The fraction of sp³-hybridized carbons (Fsp3) is 0.903. The van der Waals surface area contributed by atoms with Crippen LogP contribution in [0.4, 0.5) is 0 Å². The summed E-state index contributed by atoms with van der Waals surface area (Å²) in [6, 6.07) is 0. The summed E-state index contributed by atoms with van der Waals surface area (Å²) in [7, 11) is 1.67. The Balaban J connectivity index is 3.90. The van der Waals surface area contributed by atoms with E-state index in [-0.39, 0.29) is 60.8 Å². The molecule has 1 N–H and O–H groups in total. The van der Waals surface area contributed by atoms with Crippen molar-refractivity contribution in [2.45, 2.75) is 117 Å². The Labute approximate surface area is 255 Å². The molecule has 0 heterocycles. The third-order valence-electron chi connectivity index (χ3n) is 6.08. The predicted octanol–water partition coefficient (Wildman–Crippen LogP) is 3.56. The molecular weight excluding hydrogens is 546 g/mol. The number of amides is 1. The van der Waals surface area contributed by atoms with Crippen LogP contribution in [0.1, 0.15) is 62.3 Å². The fourth-order valence-electron chi connectivity index (χ4n) is 3.18. The second-order valence-corrected chi connectivity index (χ2v) is 11.1. The van der Waals surface area contributed by atoms with Gasteiger partial charge in [-0.1, -0.05) is 6.58 Å². The summed E-state index contributed by atoms with van der Waals surface area (Å²) < 4.78 is 51.8. The van der Waals surface area contributed by atoms with E-state index >= 15 is 0 Å². The summed E-state index contributed by atoms with van der Waals surface area (Å²) in [6.45, 7) is 25.3. The number of hydrogen-bond donors (Lipinski definition) is 1. The highest BCUT2D eigenvalue weighted by Gasteiger charge is 2.15. The summed E-state index contributed by atoms with van der Waals surface area (Å²) in [5, 5.41) is 2.71. The third kappa shape index (κ3) is 24.3. The van der Waals surface area contributed by atoms with Crippen LogP contribution in [0.2, 0.25) is 0 Å². The van der Waals surface area contributed by atoms with Crippen molar-refractivity contribution >= 4 is 5.91 Å². The number of hydrogen-bond acceptors (Lipinski definition) is 10. The van der Waals surface area contributed by atoms with E-state index < -0.39 is 0 Å². The Morgan fingerprint density at radius 1 is 0.500 bits per heavy atom. The van der Waals surface area contributed by atoms with E-state index in [4.69, 9.17) is 42.6 Å². The Bertz CT molecular complexity index is 670. The predicted molar refractivity (Wildman–Crippen MR) is 163 cm³/mol. The minimum Gasteiger partial charge on any atom is -0.379 e. The fourth-order valence-corrected chi connectivity index (χ4v) is 3.18. The Morgan fingerprint density at radius 3 is 0.976 bits per heavy atom. The highest BCUT2D eigenvalue weighted by Crippen LogP contribution is 2.05. The molecular formula is C31H61NO10. The Hall–Kier alpha value is -1.15. The van der Waals surface area contributed by atoms with Crippen LogP contribution in [0.25, 0.3) is 0 Å². The summed E-state index contributed by atoms with van der Waals surface area (Å²) in [6.07, 6.45) is 0.726. The first-order chi connectivity index (χ1) is 19.9. The molecule has 250 valence electrons. The van der Waals surface area contributed by atoms with E-state index in [0.29, 0.717) is 59.4 Å². The molecule has 0 aromatic heterocycles. The van der Waals surface area contributed by atoms with E-state index in [0.717, 1.165) is 0 Å². The Kier molecular flexibility index (Phi) is 24.5. The molecule has 11 nitrogen and oxygen atoms in total. The molecule has 0 radical (unpaired) electrons. The maximum Gasteiger partial charge on any atom is 0.243 e. The lowest BCUT2D eigenvalue weighted by Crippen LogP contribution is -2.33. The molecule has 0 rings (SSSR count). The normalized spacial score (nSPS) is 18.3. The van der Waals surface area contributed by atoms with Gasteiger partial charge in [-0.3, -0.25) is 4.79 Å². The Morgan fingerprint density at radius 2 is 0.738 bits per heavy atom. The molecule has 0 aromatic rings. The summed E-state index contributed by atoms with van der Waals surface area (Å²) in [4.78, 5) is 11.2. The third-order valence-corrected chi connectivity index (χ3v) is 6.08. The van der Waals surface area contributed by atoms with Crippen LogP contribution in [-0.2, 0) is 47.4 Å². The number of rotatable bonds is 28. The number of ether oxygens (including phenoxy) is 9. The minimum atomic E-state index is -0.214. The number of nitrogens with one attached hydrogen (secondary N) is 1. The minimum absolute atomic E-state index is 0.00924. The van der Waals surface area contributed by atoms with E-state index in [1.54, 1.807) is 7.11 Å². The topological polar surface area (TPSA) is 112 Å². The zero-order valence-corrected chi connectivity index (χ0v) is 27.9. The molecule has 0 saturated heterocycles. The lowest BCUT2D eigenvalue weighted by atomic mass is 10.3. The highest BCUT2D eigenvalue weighted by atomic mass is 16.6. The maximum atomic E-state index is 11.2. The molecule has 0 aliphatic carbocycles. The van der Waals surface area contributed by atoms with Gasteiger partial charge in [-0.15, -0.1) is 0 Å². The van der Waals surface area contributed by atoms with E-state index in [1.807, 2.05) is 62.3 Å². The molecule has 42 heavy (non-hydrogen) atoms. The van der Waals surface area contributed by atoms with Gasteiger partial charge in [-0.2, -0.15) is 0 Å². The van der Waals surface area contributed by atoms with Crippen molar-refractivity contribution in [3.8, 4) is 0 Å². The van der Waals surface area contributed by atoms with Gasteiger partial charge in [-0.05, 0) is 68.4 Å². The number of carbonyl (C=O) groups excluding carboxylic acids is 1. The molecule has 0 aromatic carbocycles. The molecule has 0 aliphatic rings. The lowest BCUT2D eigenvalue weighted by molar-refractivity contribution is -0.117. The maximum absolute atomic E-state index is 11.2. The van der Waals surface area contributed by atoms with Gasteiger partial charge in [-0.25, -0.2) is 0 Å². The number of methoxy groups -OCH3 is 1. The molecule has 1 amide bonds. The standard InChI is InChI=1S/C31H61NO10/c1-12-31(33)32-13-22(2)35-15-24(4)37-17-26(6)39-19-28(8)41-21-30(10)42-20-29(9)40-18-27(7)38-16-25(5)36-14-23(3)34-11/h12,22-30H,1,13-21H2,2-11H3,(H,32,33). The van der Waals surface area contributed by atoms with Crippen LogP contribution in [0.15, 0.2) is 12.7 Å². The van der Waals surface area contributed by atoms with Gasteiger partial charge in [0.2, 0.25) is 5.91 Å². The van der Waals surface area contributed by atoms with Gasteiger partial charge < -0.3 is 47.9 Å². The van der Waals surface area contributed by atoms with Crippen molar-refractivity contribution < 1.29 is 47.4 Å². The van der Waals surface area contributed by atoms with Crippen LogP contribution in [0.3, 0.4) is 0 Å². The molecule has 9 unspecified atom stereocenters. The van der Waals surface area contributed by atoms with Gasteiger partial charge >= 0.3 is 0 Å². The lowest BCUT2D eigenvalue weighted by Gasteiger charge is -2.23.